The number of amides is 1. The monoisotopic (exact) mass is 257 g/mol. The van der Waals surface area contributed by atoms with Crippen LogP contribution < -0.4 is 14.8 Å². The van der Waals surface area contributed by atoms with Gasteiger partial charge in [0, 0.05) is 11.6 Å². The maximum absolute atomic E-state index is 11.5. The maximum Gasteiger partial charge on any atom is 0.413 e. The molecule has 0 atom stereocenters. The van der Waals surface area contributed by atoms with Crippen molar-refractivity contribution in [2.45, 2.75) is 26.3 Å². The summed E-state index contributed by atoms with van der Waals surface area (Å²) in [7, 11) is 1.54. The van der Waals surface area contributed by atoms with Crippen molar-refractivity contribution >= 4 is 17.7 Å². The second-order valence-electron chi connectivity index (χ2n) is 4.56. The third kappa shape index (κ3) is 4.53. The Balaban J connectivity index is 2.72. The van der Waals surface area contributed by atoms with Crippen molar-refractivity contribution in [2.24, 2.45) is 0 Å². The predicted molar refractivity (Wildman–Crippen MR) is 66.9 cm³/mol. The second kappa shape index (κ2) is 5.27. The molecule has 0 heterocycles. The van der Waals surface area contributed by atoms with Crippen molar-refractivity contribution in [1.29, 1.82) is 0 Å². The van der Waals surface area contributed by atoms with Crippen LogP contribution in [0.3, 0.4) is 0 Å². The zero-order chi connectivity index (χ0) is 13.1. The van der Waals surface area contributed by atoms with Crippen LogP contribution in [0.25, 0.3) is 0 Å². The molecule has 4 nitrogen and oxygen atoms in total. The zero-order valence-electron chi connectivity index (χ0n) is 10.3. The van der Waals surface area contributed by atoms with Crippen molar-refractivity contribution in [3.63, 3.8) is 0 Å². The summed E-state index contributed by atoms with van der Waals surface area (Å²) >= 11 is 5.94. The first-order valence-electron chi connectivity index (χ1n) is 5.15. The molecule has 0 bridgehead atoms. The number of hydrogen-bond donors (Lipinski definition) is 1. The number of methoxy groups -OCH3 is 1. The van der Waals surface area contributed by atoms with Gasteiger partial charge in [-0.2, -0.15) is 0 Å². The molecule has 0 saturated carbocycles. The highest BCUT2D eigenvalue weighted by atomic mass is 35.5. The predicted octanol–water partition coefficient (Wildman–Crippen LogP) is 3.24. The van der Waals surface area contributed by atoms with E-state index < -0.39 is 6.09 Å². The Morgan fingerprint density at radius 3 is 2.47 bits per heavy atom. The average Bonchev–Trinajstić information content (AvgIpc) is 2.18. The van der Waals surface area contributed by atoms with Gasteiger partial charge >= 0.3 is 6.09 Å². The van der Waals surface area contributed by atoms with Crippen molar-refractivity contribution in [3.8, 4) is 11.5 Å². The fourth-order valence-corrected chi connectivity index (χ4v) is 1.33. The molecule has 17 heavy (non-hydrogen) atoms. The van der Waals surface area contributed by atoms with Gasteiger partial charge in [-0.3, -0.25) is 0 Å². The number of nitrogens with one attached hydrogen (secondary N) is 1. The molecule has 0 radical (unpaired) electrons. The molecule has 5 heteroatoms. The van der Waals surface area contributed by atoms with E-state index in [1.54, 1.807) is 25.3 Å². The first kappa shape index (κ1) is 13.6. The van der Waals surface area contributed by atoms with E-state index in [9.17, 15) is 4.79 Å². The first-order chi connectivity index (χ1) is 7.81. The normalized spacial score (nSPS) is 10.9. The molecule has 0 aliphatic rings. The van der Waals surface area contributed by atoms with Gasteiger partial charge in [0.25, 0.3) is 0 Å². The largest absolute Gasteiger partial charge is 0.497 e. The number of ether oxygens (including phenoxy) is 2. The summed E-state index contributed by atoms with van der Waals surface area (Å²) in [5.41, 5.74) is -0.351. The molecule has 0 fully saturated rings. The maximum atomic E-state index is 11.5. The summed E-state index contributed by atoms with van der Waals surface area (Å²) in [5, 5.41) is 3.00. The van der Waals surface area contributed by atoms with Crippen LogP contribution in [0.1, 0.15) is 20.8 Å². The molecule has 0 spiro atoms. The Kier molecular flexibility index (Phi) is 4.23. The Labute approximate surface area is 106 Å². The molecule has 1 aromatic carbocycles. The Bertz CT molecular complexity index is 413. The van der Waals surface area contributed by atoms with E-state index >= 15 is 0 Å². The van der Waals surface area contributed by atoms with Crippen molar-refractivity contribution in [2.75, 3.05) is 7.11 Å². The third-order valence-electron chi connectivity index (χ3n) is 1.82. The van der Waals surface area contributed by atoms with Crippen LogP contribution >= 0.6 is 11.6 Å². The molecular formula is C12H16ClNO3. The highest BCUT2D eigenvalue weighted by Gasteiger charge is 2.16. The molecule has 0 aliphatic carbocycles. The molecule has 0 saturated heterocycles. The summed E-state index contributed by atoms with van der Waals surface area (Å²) in [5.74, 6) is 0.910. The van der Waals surface area contributed by atoms with E-state index in [-0.39, 0.29) is 5.54 Å². The van der Waals surface area contributed by atoms with Gasteiger partial charge in [-0.15, -0.1) is 0 Å². The van der Waals surface area contributed by atoms with Crippen molar-refractivity contribution in [3.05, 3.63) is 23.2 Å². The number of rotatable bonds is 2. The van der Waals surface area contributed by atoms with E-state index in [1.165, 1.54) is 0 Å². The lowest BCUT2D eigenvalue weighted by Crippen LogP contribution is -2.42. The van der Waals surface area contributed by atoms with Gasteiger partial charge in [0.15, 0.2) is 5.75 Å². The second-order valence-corrected chi connectivity index (χ2v) is 4.97. The summed E-state index contributed by atoms with van der Waals surface area (Å²) < 4.78 is 10.1. The molecule has 1 amide bonds. The minimum absolute atomic E-state index is 0.300. The van der Waals surface area contributed by atoms with Crippen LogP contribution in [-0.2, 0) is 0 Å². The van der Waals surface area contributed by atoms with E-state index in [2.05, 4.69) is 5.32 Å². The van der Waals surface area contributed by atoms with Crippen LogP contribution in [-0.4, -0.2) is 18.7 Å². The molecule has 0 unspecified atom stereocenters. The highest BCUT2D eigenvalue weighted by molar-refractivity contribution is 6.32. The Hall–Kier alpha value is -1.42. The lowest BCUT2D eigenvalue weighted by Gasteiger charge is -2.20. The summed E-state index contributed by atoms with van der Waals surface area (Å²) in [6.45, 7) is 5.59. The highest BCUT2D eigenvalue weighted by Crippen LogP contribution is 2.28. The number of carbonyl (C=O) groups is 1. The van der Waals surface area contributed by atoms with Gasteiger partial charge in [0.2, 0.25) is 0 Å². The van der Waals surface area contributed by atoms with E-state index in [0.717, 1.165) is 0 Å². The molecule has 1 aromatic rings. The van der Waals surface area contributed by atoms with Gasteiger partial charge in [-0.05, 0) is 32.9 Å². The van der Waals surface area contributed by atoms with Crippen molar-refractivity contribution in [1.82, 2.24) is 5.32 Å². The number of hydrogen-bond acceptors (Lipinski definition) is 3. The van der Waals surface area contributed by atoms with Crippen LogP contribution in [0.4, 0.5) is 4.79 Å². The molecule has 94 valence electrons. The van der Waals surface area contributed by atoms with Gasteiger partial charge < -0.3 is 14.8 Å². The third-order valence-corrected chi connectivity index (χ3v) is 2.11. The lowest BCUT2D eigenvalue weighted by atomic mass is 10.1. The smallest absolute Gasteiger partial charge is 0.413 e. The van der Waals surface area contributed by atoms with E-state index in [4.69, 9.17) is 21.1 Å². The molecule has 0 aromatic heterocycles. The molecule has 1 rings (SSSR count). The standard InChI is InChI=1S/C12H16ClNO3/c1-12(2,3)14-11(15)17-10-6-5-8(16-4)7-9(10)13/h5-7H,1-4H3,(H,14,15). The SMILES string of the molecule is COc1ccc(OC(=O)NC(C)(C)C)c(Cl)c1. The summed E-state index contributed by atoms with van der Waals surface area (Å²) in [4.78, 5) is 11.5. The van der Waals surface area contributed by atoms with Gasteiger partial charge in [-0.1, -0.05) is 11.6 Å². The summed E-state index contributed by atoms with van der Waals surface area (Å²) in [6.07, 6.45) is -0.537. The number of carbonyl (C=O) groups excluding carboxylic acids is 1. The molecule has 0 aliphatic heterocycles. The van der Waals surface area contributed by atoms with Crippen molar-refractivity contribution < 1.29 is 14.3 Å². The fraction of sp³-hybridized carbons (Fsp3) is 0.417. The quantitative estimate of drug-likeness (QED) is 0.885. The van der Waals surface area contributed by atoms with Gasteiger partial charge in [-0.25, -0.2) is 4.79 Å². The average molecular weight is 258 g/mol. The number of benzene rings is 1. The van der Waals surface area contributed by atoms with Crippen LogP contribution in [0.2, 0.25) is 5.02 Å². The van der Waals surface area contributed by atoms with Gasteiger partial charge in [0.05, 0.1) is 12.1 Å². The molecular weight excluding hydrogens is 242 g/mol. The van der Waals surface area contributed by atoms with E-state index in [1.807, 2.05) is 20.8 Å². The minimum Gasteiger partial charge on any atom is -0.497 e. The Morgan fingerprint density at radius 1 is 1.35 bits per heavy atom. The van der Waals surface area contributed by atoms with Gasteiger partial charge in [0.1, 0.15) is 5.75 Å². The first-order valence-corrected chi connectivity index (χ1v) is 5.53. The van der Waals surface area contributed by atoms with Crippen LogP contribution in [0.5, 0.6) is 11.5 Å². The Morgan fingerprint density at radius 2 is 2.00 bits per heavy atom. The lowest BCUT2D eigenvalue weighted by molar-refractivity contribution is 0.190. The minimum atomic E-state index is -0.537. The zero-order valence-corrected chi connectivity index (χ0v) is 11.1. The van der Waals surface area contributed by atoms with Crippen LogP contribution in [0, 0.1) is 0 Å². The van der Waals surface area contributed by atoms with E-state index in [0.29, 0.717) is 16.5 Å². The number of halogens is 1. The molecule has 1 N–H and O–H groups in total. The van der Waals surface area contributed by atoms with Crippen LogP contribution in [0.15, 0.2) is 18.2 Å². The summed E-state index contributed by atoms with van der Waals surface area (Å²) in [6, 6.07) is 4.84. The topological polar surface area (TPSA) is 47.6 Å². The fourth-order valence-electron chi connectivity index (χ4n) is 1.12.